The van der Waals surface area contributed by atoms with Crippen molar-refractivity contribution in [2.75, 3.05) is 40.0 Å². The van der Waals surface area contributed by atoms with E-state index in [0.717, 1.165) is 18.9 Å². The number of benzene rings is 1. The summed E-state index contributed by atoms with van der Waals surface area (Å²) in [6.45, 7) is 1.42. The number of aliphatic carboxylic acids is 2. The number of methoxy groups -OCH3 is 1. The number of thiazole rings is 1. The van der Waals surface area contributed by atoms with Crippen molar-refractivity contribution in [2.45, 2.75) is 37.4 Å². The summed E-state index contributed by atoms with van der Waals surface area (Å²) in [5.74, 6) is -2.76. The molecule has 2 aliphatic heterocycles. The van der Waals surface area contributed by atoms with Crippen molar-refractivity contribution in [1.29, 1.82) is 0 Å². The number of halogens is 2. The van der Waals surface area contributed by atoms with Crippen LogP contribution < -0.4 is 16.8 Å². The van der Waals surface area contributed by atoms with Gasteiger partial charge in [0.2, 0.25) is 0 Å². The summed E-state index contributed by atoms with van der Waals surface area (Å²) < 4.78 is 24.1. The molecule has 1 aromatic heterocycles. The molecule has 0 bridgehead atoms. The minimum absolute atomic E-state index is 0.0246. The molecule has 0 spiro atoms. The van der Waals surface area contributed by atoms with Gasteiger partial charge in [0.25, 0.3) is 0 Å². The van der Waals surface area contributed by atoms with Crippen molar-refractivity contribution in [3.05, 3.63) is 62.5 Å². The average molecular weight is 641 g/mol. The Morgan fingerprint density at radius 3 is 2.70 bits per heavy atom. The standard InChI is InChI=1S/C21H20ClFN4O5S.C6H14N2O2/c1-31-21(30)16-14(9-27-5-6-32-10-15(27)20(28)29)25-18(19-24-4-7-33-19)26-17(16)12-3-2-11(23)8-13(12)22;7-4-2-1-3-5(8)6(9)10/h2-4,7-8,15,17H,5-6,9-10H2,1H3,(H,25,26)(H,28,29);5H,1-4,7-8H2,(H,9,10)/t15-,17-;/m0./s1. The number of hydrogen-bond donors (Lipinski definition) is 5. The number of ether oxygens (including phenoxy) is 2. The molecule has 1 fully saturated rings. The molecule has 234 valence electrons. The molecule has 3 atom stereocenters. The maximum absolute atomic E-state index is 13.7. The van der Waals surface area contributed by atoms with Crippen LogP contribution in [-0.2, 0) is 23.9 Å². The van der Waals surface area contributed by atoms with Gasteiger partial charge in [0.15, 0.2) is 10.8 Å². The van der Waals surface area contributed by atoms with E-state index in [1.165, 1.54) is 30.6 Å². The van der Waals surface area contributed by atoms with Crippen LogP contribution in [0.4, 0.5) is 4.39 Å². The molecule has 4 rings (SSSR count). The predicted molar refractivity (Wildman–Crippen MR) is 157 cm³/mol. The number of unbranched alkanes of at least 4 members (excludes halogenated alkanes) is 1. The van der Waals surface area contributed by atoms with Crippen LogP contribution in [0.1, 0.15) is 35.9 Å². The fourth-order valence-corrected chi connectivity index (χ4v) is 5.22. The summed E-state index contributed by atoms with van der Waals surface area (Å²) in [5.41, 5.74) is 11.4. The van der Waals surface area contributed by atoms with Gasteiger partial charge < -0.3 is 36.5 Å². The van der Waals surface area contributed by atoms with Crippen molar-refractivity contribution < 1.29 is 38.5 Å². The third-order valence-corrected chi connectivity index (χ3v) is 7.70. The van der Waals surface area contributed by atoms with Crippen LogP contribution >= 0.6 is 22.9 Å². The fourth-order valence-electron chi connectivity index (χ4n) is 4.36. The number of carbonyl (C=O) groups excluding carboxylic acids is 1. The van der Waals surface area contributed by atoms with Crippen LogP contribution in [0.5, 0.6) is 0 Å². The molecule has 0 radical (unpaired) electrons. The van der Waals surface area contributed by atoms with Crippen molar-refractivity contribution in [3.8, 4) is 0 Å². The number of esters is 1. The van der Waals surface area contributed by atoms with E-state index in [9.17, 15) is 23.9 Å². The largest absolute Gasteiger partial charge is 0.480 e. The van der Waals surface area contributed by atoms with Crippen molar-refractivity contribution >= 4 is 46.7 Å². The molecular formula is C27H34ClFN6O7S. The van der Waals surface area contributed by atoms with Crippen LogP contribution in [0, 0.1) is 5.82 Å². The maximum atomic E-state index is 13.7. The van der Waals surface area contributed by atoms with Gasteiger partial charge in [0.1, 0.15) is 23.9 Å². The molecule has 1 saturated heterocycles. The number of carboxylic acids is 2. The Labute approximate surface area is 256 Å². The quantitative estimate of drug-likeness (QED) is 0.176. The number of nitrogens with two attached hydrogens (primary N) is 2. The Bertz CT molecular complexity index is 1340. The first kappa shape index (κ1) is 34.0. The highest BCUT2D eigenvalue weighted by Crippen LogP contribution is 2.37. The molecule has 3 heterocycles. The van der Waals surface area contributed by atoms with Gasteiger partial charge in [0.05, 0.1) is 25.9 Å². The first-order valence-corrected chi connectivity index (χ1v) is 14.6. The number of aromatic nitrogens is 1. The summed E-state index contributed by atoms with van der Waals surface area (Å²) >= 11 is 7.67. The number of morpholine rings is 1. The summed E-state index contributed by atoms with van der Waals surface area (Å²) in [6.07, 6.45) is 3.78. The van der Waals surface area contributed by atoms with Gasteiger partial charge in [-0.15, -0.1) is 11.3 Å². The molecule has 2 aliphatic rings. The Kier molecular flexibility index (Phi) is 13.0. The van der Waals surface area contributed by atoms with E-state index in [4.69, 9.17) is 37.6 Å². The Morgan fingerprint density at radius 1 is 1.33 bits per heavy atom. The molecule has 13 nitrogen and oxygen atoms in total. The lowest BCUT2D eigenvalue weighted by atomic mass is 9.95. The predicted octanol–water partition coefficient (Wildman–Crippen LogP) is 1.77. The minimum atomic E-state index is -1.03. The highest BCUT2D eigenvalue weighted by atomic mass is 35.5. The van der Waals surface area contributed by atoms with Gasteiger partial charge in [-0.05, 0) is 31.5 Å². The number of amidine groups is 1. The Hall–Kier alpha value is -3.47. The number of aliphatic imine (C=N–C) groups is 1. The van der Waals surface area contributed by atoms with Gasteiger partial charge in [-0.1, -0.05) is 24.1 Å². The second-order valence-electron chi connectivity index (χ2n) is 9.52. The number of rotatable bonds is 11. The number of nitrogens with one attached hydrogen (secondary N) is 1. The first-order valence-electron chi connectivity index (χ1n) is 13.3. The zero-order valence-electron chi connectivity index (χ0n) is 23.4. The zero-order valence-corrected chi connectivity index (χ0v) is 24.9. The highest BCUT2D eigenvalue weighted by molar-refractivity contribution is 7.11. The molecule has 2 aromatic rings. The summed E-state index contributed by atoms with van der Waals surface area (Å²) in [5, 5.41) is 23.5. The lowest BCUT2D eigenvalue weighted by molar-refractivity contribution is -0.149. The van der Waals surface area contributed by atoms with Gasteiger partial charge in [-0.25, -0.2) is 14.2 Å². The number of nitrogens with zero attached hydrogens (tertiary/aromatic N) is 3. The summed E-state index contributed by atoms with van der Waals surface area (Å²) in [4.78, 5) is 45.5. The molecule has 16 heteroatoms. The molecule has 1 unspecified atom stereocenters. The molecule has 0 amide bonds. The van der Waals surface area contributed by atoms with Crippen LogP contribution in [0.15, 0.2) is 46.0 Å². The van der Waals surface area contributed by atoms with Crippen molar-refractivity contribution in [2.24, 2.45) is 16.5 Å². The molecule has 1 aromatic carbocycles. The number of carbonyl (C=O) groups is 3. The van der Waals surface area contributed by atoms with E-state index in [2.05, 4.69) is 15.3 Å². The van der Waals surface area contributed by atoms with E-state index in [1.54, 1.807) is 16.5 Å². The third kappa shape index (κ3) is 9.26. The highest BCUT2D eigenvalue weighted by Gasteiger charge is 2.37. The van der Waals surface area contributed by atoms with Crippen molar-refractivity contribution in [3.63, 3.8) is 0 Å². The topological polar surface area (TPSA) is 203 Å². The minimum Gasteiger partial charge on any atom is -0.480 e. The first-order chi connectivity index (χ1) is 20.6. The van der Waals surface area contributed by atoms with Crippen LogP contribution in [-0.4, -0.2) is 95.9 Å². The van der Waals surface area contributed by atoms with Gasteiger partial charge in [-0.3, -0.25) is 19.5 Å². The van der Waals surface area contributed by atoms with E-state index in [0.29, 0.717) is 48.2 Å². The monoisotopic (exact) mass is 640 g/mol. The molecule has 0 aliphatic carbocycles. The van der Waals surface area contributed by atoms with E-state index < -0.39 is 41.9 Å². The van der Waals surface area contributed by atoms with Crippen LogP contribution in [0.2, 0.25) is 5.02 Å². The van der Waals surface area contributed by atoms with Crippen LogP contribution in [0.3, 0.4) is 0 Å². The van der Waals surface area contributed by atoms with E-state index >= 15 is 0 Å². The third-order valence-electron chi connectivity index (χ3n) is 6.60. The summed E-state index contributed by atoms with van der Waals surface area (Å²) in [7, 11) is 1.24. The number of carboxylic acid groups (broad SMARTS) is 2. The Morgan fingerprint density at radius 2 is 2.09 bits per heavy atom. The maximum Gasteiger partial charge on any atom is 0.338 e. The fraction of sp³-hybridized carbons (Fsp3) is 0.444. The normalized spacial score (nSPS) is 19.4. The molecule has 43 heavy (non-hydrogen) atoms. The van der Waals surface area contributed by atoms with E-state index in [1.807, 2.05) is 0 Å². The van der Waals surface area contributed by atoms with Crippen molar-refractivity contribution in [1.82, 2.24) is 15.2 Å². The average Bonchev–Trinajstić information content (AvgIpc) is 3.52. The van der Waals surface area contributed by atoms with E-state index in [-0.39, 0.29) is 23.7 Å². The second kappa shape index (κ2) is 16.4. The smallest absolute Gasteiger partial charge is 0.338 e. The number of hydrogen-bond acceptors (Lipinski definition) is 12. The van der Waals surface area contributed by atoms with Gasteiger partial charge in [0, 0.05) is 40.9 Å². The molecule has 7 N–H and O–H groups in total. The second-order valence-corrected chi connectivity index (χ2v) is 10.8. The van der Waals surface area contributed by atoms with Crippen LogP contribution in [0.25, 0.3) is 0 Å². The molecule has 0 saturated carbocycles. The van der Waals surface area contributed by atoms with Gasteiger partial charge >= 0.3 is 17.9 Å². The SMILES string of the molecule is COC(=O)C1=C(CN2CCOC[C@H]2C(=O)O)NC(c2nccs2)=N[C@H]1c1ccc(F)cc1Cl.NCCCCC(N)C(=O)O. The van der Waals surface area contributed by atoms with Gasteiger partial charge in [-0.2, -0.15) is 0 Å². The lowest BCUT2D eigenvalue weighted by Gasteiger charge is -2.35. The molecular weight excluding hydrogens is 607 g/mol. The lowest BCUT2D eigenvalue weighted by Crippen LogP contribution is -2.52. The summed E-state index contributed by atoms with van der Waals surface area (Å²) in [6, 6.07) is 1.33. The Balaban J connectivity index is 0.000000436. The zero-order chi connectivity index (χ0) is 31.5.